The Kier molecular flexibility index (Phi) is 6.50. The summed E-state index contributed by atoms with van der Waals surface area (Å²) >= 11 is 0. The summed E-state index contributed by atoms with van der Waals surface area (Å²) in [4.78, 5) is 14.2. The van der Waals surface area contributed by atoms with E-state index in [0.29, 0.717) is 19.4 Å². The molecular weight excluding hydrogens is 303 g/mol. The zero-order chi connectivity index (χ0) is 17.5. The van der Waals surface area contributed by atoms with Gasteiger partial charge in [-0.1, -0.05) is 42.0 Å². The molecule has 0 bridgehead atoms. The largest absolute Gasteiger partial charge is 0.354 e. The van der Waals surface area contributed by atoms with E-state index in [1.165, 1.54) is 23.3 Å². The predicted molar refractivity (Wildman–Crippen MR) is 95.3 cm³/mol. The van der Waals surface area contributed by atoms with Crippen LogP contribution in [0.1, 0.15) is 29.2 Å². The highest BCUT2D eigenvalue weighted by molar-refractivity contribution is 5.76. The van der Waals surface area contributed by atoms with Gasteiger partial charge in [-0.3, -0.25) is 4.79 Å². The number of aryl methyl sites for hydroxylation is 2. The molecule has 1 amide bonds. The van der Waals surface area contributed by atoms with E-state index in [2.05, 4.69) is 41.4 Å². The molecule has 24 heavy (non-hydrogen) atoms. The Morgan fingerprint density at radius 3 is 2.29 bits per heavy atom. The number of hydrogen-bond donors (Lipinski definition) is 1. The fourth-order valence-electron chi connectivity index (χ4n) is 2.60. The number of amides is 1. The molecule has 0 fully saturated rings. The summed E-state index contributed by atoms with van der Waals surface area (Å²) in [6.07, 6.45) is 1.02. The Labute approximate surface area is 143 Å². The van der Waals surface area contributed by atoms with Crippen molar-refractivity contribution >= 4 is 5.91 Å². The fraction of sp³-hybridized carbons (Fsp3) is 0.350. The minimum absolute atomic E-state index is 0.0123. The van der Waals surface area contributed by atoms with Crippen molar-refractivity contribution in [3.05, 3.63) is 71.0 Å². The Bertz CT molecular complexity index is 650. The number of carbonyl (C=O) groups is 1. The number of likely N-dealkylation sites (N-methyl/N-ethyl adjacent to an activating group) is 1. The molecule has 0 saturated heterocycles. The number of hydrogen-bond acceptors (Lipinski definition) is 2. The van der Waals surface area contributed by atoms with Gasteiger partial charge in [0.25, 0.3) is 0 Å². The van der Waals surface area contributed by atoms with Gasteiger partial charge in [0.05, 0.1) is 6.04 Å². The lowest BCUT2D eigenvalue weighted by Gasteiger charge is -2.25. The maximum Gasteiger partial charge on any atom is 0.220 e. The van der Waals surface area contributed by atoms with Crippen LogP contribution in [0.4, 0.5) is 4.39 Å². The van der Waals surface area contributed by atoms with Crippen molar-refractivity contribution in [3.8, 4) is 0 Å². The number of halogens is 1. The summed E-state index contributed by atoms with van der Waals surface area (Å²) in [5.74, 6) is -0.242. The first-order valence-corrected chi connectivity index (χ1v) is 8.20. The second-order valence-electron chi connectivity index (χ2n) is 6.32. The van der Waals surface area contributed by atoms with Gasteiger partial charge in [-0.2, -0.15) is 0 Å². The third-order valence-electron chi connectivity index (χ3n) is 4.13. The summed E-state index contributed by atoms with van der Waals surface area (Å²) < 4.78 is 12.9. The van der Waals surface area contributed by atoms with Crippen LogP contribution >= 0.6 is 0 Å². The Hall–Kier alpha value is -2.20. The molecule has 128 valence electrons. The molecule has 2 rings (SSSR count). The second kappa shape index (κ2) is 8.60. The third-order valence-corrected chi connectivity index (χ3v) is 4.13. The predicted octanol–water partition coefficient (Wildman–Crippen LogP) is 3.49. The molecule has 0 saturated carbocycles. The minimum Gasteiger partial charge on any atom is -0.354 e. The summed E-state index contributed by atoms with van der Waals surface area (Å²) in [6.45, 7) is 2.63. The van der Waals surface area contributed by atoms with Crippen LogP contribution in [0.3, 0.4) is 0 Å². The molecule has 0 aliphatic carbocycles. The molecule has 3 nitrogen and oxygen atoms in total. The summed E-state index contributed by atoms with van der Waals surface area (Å²) in [6, 6.07) is 14.8. The first-order valence-electron chi connectivity index (χ1n) is 8.20. The van der Waals surface area contributed by atoms with Gasteiger partial charge >= 0.3 is 0 Å². The summed E-state index contributed by atoms with van der Waals surface area (Å²) in [7, 11) is 4.02. The standard InChI is InChI=1S/C20H25FN2O/c1-15-4-9-17(10-5-15)19(23(2)3)14-22-20(24)13-8-16-6-11-18(21)12-7-16/h4-7,9-12,19H,8,13-14H2,1-3H3,(H,22,24). The van der Waals surface area contributed by atoms with Crippen molar-refractivity contribution in [1.82, 2.24) is 10.2 Å². The Morgan fingerprint density at radius 1 is 1.08 bits per heavy atom. The topological polar surface area (TPSA) is 32.3 Å². The Morgan fingerprint density at radius 2 is 1.71 bits per heavy atom. The number of benzene rings is 2. The number of carbonyl (C=O) groups excluding carboxylic acids is 1. The van der Waals surface area contributed by atoms with E-state index in [1.54, 1.807) is 12.1 Å². The molecule has 1 N–H and O–H groups in total. The molecule has 0 aliphatic heterocycles. The second-order valence-corrected chi connectivity index (χ2v) is 6.32. The van der Waals surface area contributed by atoms with Crippen LogP contribution in [0, 0.1) is 12.7 Å². The quantitative estimate of drug-likeness (QED) is 0.844. The van der Waals surface area contributed by atoms with Gasteiger partial charge in [0, 0.05) is 13.0 Å². The summed E-state index contributed by atoms with van der Waals surface area (Å²) in [5.41, 5.74) is 3.37. The van der Waals surface area contributed by atoms with Crippen molar-refractivity contribution in [2.24, 2.45) is 0 Å². The zero-order valence-electron chi connectivity index (χ0n) is 14.6. The zero-order valence-corrected chi connectivity index (χ0v) is 14.6. The monoisotopic (exact) mass is 328 g/mol. The van der Waals surface area contributed by atoms with Crippen LogP contribution in [0.25, 0.3) is 0 Å². The van der Waals surface area contributed by atoms with E-state index >= 15 is 0 Å². The first-order chi connectivity index (χ1) is 11.5. The van der Waals surface area contributed by atoms with Gasteiger partial charge in [0.15, 0.2) is 0 Å². The van der Waals surface area contributed by atoms with E-state index in [4.69, 9.17) is 0 Å². The average Bonchev–Trinajstić information content (AvgIpc) is 2.56. The van der Waals surface area contributed by atoms with Crippen LogP contribution in [0.5, 0.6) is 0 Å². The lowest BCUT2D eigenvalue weighted by molar-refractivity contribution is -0.121. The van der Waals surface area contributed by atoms with Gasteiger partial charge in [0.1, 0.15) is 5.82 Å². The van der Waals surface area contributed by atoms with Crippen LogP contribution in [-0.4, -0.2) is 31.4 Å². The van der Waals surface area contributed by atoms with Crippen molar-refractivity contribution in [2.75, 3.05) is 20.6 Å². The Balaban J connectivity index is 1.86. The van der Waals surface area contributed by atoms with Gasteiger partial charge in [-0.15, -0.1) is 0 Å². The highest BCUT2D eigenvalue weighted by Gasteiger charge is 2.15. The molecule has 0 aliphatic rings. The SMILES string of the molecule is Cc1ccc(C(CNC(=O)CCc2ccc(F)cc2)N(C)C)cc1. The maximum atomic E-state index is 12.9. The number of rotatable bonds is 7. The third kappa shape index (κ3) is 5.46. The lowest BCUT2D eigenvalue weighted by Crippen LogP contribution is -2.34. The van der Waals surface area contributed by atoms with E-state index in [-0.39, 0.29) is 17.8 Å². The van der Waals surface area contributed by atoms with E-state index in [0.717, 1.165) is 5.56 Å². The molecule has 2 aromatic rings. The smallest absolute Gasteiger partial charge is 0.220 e. The number of nitrogens with one attached hydrogen (secondary N) is 1. The number of nitrogens with zero attached hydrogens (tertiary/aromatic N) is 1. The summed E-state index contributed by atoms with van der Waals surface area (Å²) in [5, 5.41) is 3.00. The van der Waals surface area contributed by atoms with Gasteiger partial charge < -0.3 is 10.2 Å². The average molecular weight is 328 g/mol. The molecule has 0 radical (unpaired) electrons. The fourth-order valence-corrected chi connectivity index (χ4v) is 2.60. The van der Waals surface area contributed by atoms with Crippen LogP contribution in [-0.2, 0) is 11.2 Å². The minimum atomic E-state index is -0.255. The van der Waals surface area contributed by atoms with Gasteiger partial charge in [-0.25, -0.2) is 4.39 Å². The highest BCUT2D eigenvalue weighted by Crippen LogP contribution is 2.18. The van der Waals surface area contributed by atoms with Crippen LogP contribution in [0.15, 0.2) is 48.5 Å². The molecular formula is C20H25FN2O. The first kappa shape index (κ1) is 18.1. The van der Waals surface area contributed by atoms with E-state index < -0.39 is 0 Å². The van der Waals surface area contributed by atoms with Crippen molar-refractivity contribution < 1.29 is 9.18 Å². The van der Waals surface area contributed by atoms with Gasteiger partial charge in [0.2, 0.25) is 5.91 Å². The normalized spacial score (nSPS) is 12.2. The molecule has 2 aromatic carbocycles. The lowest BCUT2D eigenvalue weighted by atomic mass is 10.0. The van der Waals surface area contributed by atoms with Crippen molar-refractivity contribution in [2.45, 2.75) is 25.8 Å². The molecule has 0 spiro atoms. The van der Waals surface area contributed by atoms with Crippen LogP contribution in [0.2, 0.25) is 0 Å². The molecule has 1 atom stereocenters. The molecule has 0 heterocycles. The molecule has 4 heteroatoms. The van der Waals surface area contributed by atoms with Gasteiger partial charge in [-0.05, 0) is 50.7 Å². The molecule has 0 aromatic heterocycles. The van der Waals surface area contributed by atoms with Crippen molar-refractivity contribution in [3.63, 3.8) is 0 Å². The van der Waals surface area contributed by atoms with Crippen LogP contribution < -0.4 is 5.32 Å². The molecule has 1 unspecified atom stereocenters. The van der Waals surface area contributed by atoms with E-state index in [9.17, 15) is 9.18 Å². The highest BCUT2D eigenvalue weighted by atomic mass is 19.1. The van der Waals surface area contributed by atoms with Crippen molar-refractivity contribution in [1.29, 1.82) is 0 Å². The van der Waals surface area contributed by atoms with E-state index in [1.807, 2.05) is 14.1 Å². The maximum absolute atomic E-state index is 12.9.